The van der Waals surface area contributed by atoms with Gasteiger partial charge in [-0.15, -0.1) is 5.10 Å². The Labute approximate surface area is 187 Å². The minimum Gasteiger partial charge on any atom is -0.273 e. The molecule has 0 aliphatic carbocycles. The Morgan fingerprint density at radius 3 is 2.47 bits per heavy atom. The molecule has 32 heavy (non-hydrogen) atoms. The summed E-state index contributed by atoms with van der Waals surface area (Å²) in [6, 6.07) is 13.3. The fourth-order valence-electron chi connectivity index (χ4n) is 3.94. The van der Waals surface area contributed by atoms with Crippen LogP contribution in [0.1, 0.15) is 22.3 Å². The molecule has 162 valence electrons. The van der Waals surface area contributed by atoms with E-state index in [1.54, 1.807) is 25.4 Å². The maximum absolute atomic E-state index is 13.4. The summed E-state index contributed by atoms with van der Waals surface area (Å²) in [5, 5.41) is 9.50. The van der Waals surface area contributed by atoms with Crippen LogP contribution in [0.4, 0.5) is 0 Å². The minimum absolute atomic E-state index is 0.224. The highest BCUT2D eigenvalue weighted by molar-refractivity contribution is 6.30. The molecule has 3 aromatic heterocycles. The van der Waals surface area contributed by atoms with Gasteiger partial charge in [-0.3, -0.25) is 14.0 Å². The van der Waals surface area contributed by atoms with Crippen LogP contribution in [0.3, 0.4) is 0 Å². The highest BCUT2D eigenvalue weighted by Crippen LogP contribution is 2.15. The topological polar surface area (TPSA) is 79.1 Å². The Balaban J connectivity index is 1.75. The second-order valence-corrected chi connectivity index (χ2v) is 8.50. The van der Waals surface area contributed by atoms with Crippen LogP contribution in [0.25, 0.3) is 16.8 Å². The number of hydrogen-bond donors (Lipinski definition) is 0. The molecule has 3 heterocycles. The predicted octanol–water partition coefficient (Wildman–Crippen LogP) is 2.91. The summed E-state index contributed by atoms with van der Waals surface area (Å²) < 4.78 is 5.89. The van der Waals surface area contributed by atoms with Crippen molar-refractivity contribution in [3.63, 3.8) is 0 Å². The van der Waals surface area contributed by atoms with Crippen molar-refractivity contribution in [1.29, 1.82) is 0 Å². The lowest BCUT2D eigenvalue weighted by Crippen LogP contribution is -2.26. The molecule has 0 bridgehead atoms. The third-order valence-electron chi connectivity index (χ3n) is 5.64. The third kappa shape index (κ3) is 3.33. The van der Waals surface area contributed by atoms with Crippen molar-refractivity contribution in [2.45, 2.75) is 26.9 Å². The second-order valence-electron chi connectivity index (χ2n) is 8.06. The van der Waals surface area contributed by atoms with Crippen LogP contribution < -0.4 is 11.2 Å². The van der Waals surface area contributed by atoms with Gasteiger partial charge in [0, 0.05) is 18.3 Å². The van der Waals surface area contributed by atoms with E-state index < -0.39 is 0 Å². The molecule has 2 aromatic carbocycles. The number of aryl methyl sites for hydroxylation is 3. The molecule has 8 nitrogen and oxygen atoms in total. The Kier molecular flexibility index (Phi) is 4.74. The van der Waals surface area contributed by atoms with Crippen molar-refractivity contribution < 1.29 is 0 Å². The van der Waals surface area contributed by atoms with Gasteiger partial charge in [0.1, 0.15) is 5.52 Å². The van der Waals surface area contributed by atoms with Gasteiger partial charge in [-0.1, -0.05) is 47.5 Å². The van der Waals surface area contributed by atoms with E-state index in [9.17, 15) is 9.59 Å². The summed E-state index contributed by atoms with van der Waals surface area (Å²) in [5.74, 6) is 0.278. The van der Waals surface area contributed by atoms with Crippen LogP contribution in [-0.2, 0) is 20.1 Å². The first kappa shape index (κ1) is 20.3. The molecule has 5 rings (SSSR count). The van der Waals surface area contributed by atoms with E-state index >= 15 is 0 Å². The number of nitrogens with zero attached hydrogens (tertiary/aromatic N) is 6. The average molecular weight is 449 g/mol. The molecular weight excluding hydrogens is 428 g/mol. The normalized spacial score (nSPS) is 11.6. The molecule has 0 aliphatic rings. The molecule has 0 N–H and O–H groups in total. The highest BCUT2D eigenvalue weighted by Gasteiger charge is 2.20. The Bertz CT molecular complexity index is 1600. The standard InChI is InChI=1S/C23H21ClN6O2/c1-14-4-5-15(2)17(10-14)12-29-23(32)30-19-13-27(3)25-20(19)21(31)28(22(30)26-29)11-16-6-8-18(24)9-7-16/h4-10,13H,11-12H2,1-3H3. The van der Waals surface area contributed by atoms with Crippen LogP contribution >= 0.6 is 11.6 Å². The molecule has 5 aromatic rings. The van der Waals surface area contributed by atoms with Crippen LogP contribution in [0.5, 0.6) is 0 Å². The van der Waals surface area contributed by atoms with Crippen LogP contribution in [0, 0.1) is 13.8 Å². The molecule has 0 radical (unpaired) electrons. The van der Waals surface area contributed by atoms with Crippen molar-refractivity contribution >= 4 is 28.4 Å². The molecule has 0 aliphatic heterocycles. The first-order chi connectivity index (χ1) is 15.3. The lowest BCUT2D eigenvalue weighted by Gasteiger charge is -2.07. The summed E-state index contributed by atoms with van der Waals surface area (Å²) >= 11 is 6.00. The zero-order valence-corrected chi connectivity index (χ0v) is 18.7. The number of hydrogen-bond acceptors (Lipinski definition) is 4. The van der Waals surface area contributed by atoms with Crippen molar-refractivity contribution in [1.82, 2.24) is 28.5 Å². The van der Waals surface area contributed by atoms with E-state index in [1.807, 2.05) is 44.2 Å². The summed E-state index contributed by atoms with van der Waals surface area (Å²) in [6.07, 6.45) is 1.67. The second kappa shape index (κ2) is 7.49. The van der Waals surface area contributed by atoms with Crippen LogP contribution in [-0.4, -0.2) is 28.5 Å². The Hall–Kier alpha value is -3.65. The number of fused-ring (bicyclic) bond motifs is 3. The van der Waals surface area contributed by atoms with Gasteiger partial charge in [0.05, 0.1) is 13.1 Å². The maximum Gasteiger partial charge on any atom is 0.352 e. The van der Waals surface area contributed by atoms with Crippen LogP contribution in [0.15, 0.2) is 58.3 Å². The monoisotopic (exact) mass is 448 g/mol. The quantitative estimate of drug-likeness (QED) is 0.423. The van der Waals surface area contributed by atoms with Gasteiger partial charge in [0.15, 0.2) is 5.52 Å². The lowest BCUT2D eigenvalue weighted by molar-refractivity contribution is 0.651. The molecule has 0 amide bonds. The van der Waals surface area contributed by atoms with Crippen molar-refractivity contribution in [2.24, 2.45) is 7.05 Å². The largest absolute Gasteiger partial charge is 0.352 e. The van der Waals surface area contributed by atoms with E-state index in [0.717, 1.165) is 22.3 Å². The van der Waals surface area contributed by atoms with Gasteiger partial charge in [-0.05, 0) is 42.7 Å². The fraction of sp³-hybridized carbons (Fsp3) is 0.217. The van der Waals surface area contributed by atoms with E-state index in [0.29, 0.717) is 17.1 Å². The van der Waals surface area contributed by atoms with E-state index in [1.165, 1.54) is 18.3 Å². The molecule has 0 saturated heterocycles. The SMILES string of the molecule is Cc1ccc(C)c(Cn2nc3n(Cc4ccc(Cl)cc4)c(=O)c4nn(C)cc4n3c2=O)c1. The van der Waals surface area contributed by atoms with Gasteiger partial charge in [0.2, 0.25) is 5.78 Å². The molecule has 0 unspecified atom stereocenters. The van der Waals surface area contributed by atoms with Gasteiger partial charge in [-0.2, -0.15) is 5.10 Å². The van der Waals surface area contributed by atoms with E-state index in [-0.39, 0.29) is 29.1 Å². The molecular formula is C23H21ClN6O2. The van der Waals surface area contributed by atoms with Gasteiger partial charge in [-0.25, -0.2) is 13.9 Å². The zero-order valence-electron chi connectivity index (χ0n) is 17.9. The summed E-state index contributed by atoms with van der Waals surface area (Å²) in [5.41, 5.74) is 4.10. The third-order valence-corrected chi connectivity index (χ3v) is 5.89. The fourth-order valence-corrected chi connectivity index (χ4v) is 4.07. The molecule has 0 atom stereocenters. The Morgan fingerprint density at radius 2 is 1.72 bits per heavy atom. The maximum atomic E-state index is 13.4. The summed E-state index contributed by atoms with van der Waals surface area (Å²) in [6.45, 7) is 4.57. The lowest BCUT2D eigenvalue weighted by atomic mass is 10.1. The molecule has 0 spiro atoms. The van der Waals surface area contributed by atoms with Gasteiger partial charge < -0.3 is 0 Å². The first-order valence-corrected chi connectivity index (χ1v) is 10.6. The summed E-state index contributed by atoms with van der Waals surface area (Å²) in [7, 11) is 1.72. The van der Waals surface area contributed by atoms with Crippen molar-refractivity contribution in [3.8, 4) is 0 Å². The molecule has 9 heteroatoms. The highest BCUT2D eigenvalue weighted by atomic mass is 35.5. The van der Waals surface area contributed by atoms with Crippen molar-refractivity contribution in [3.05, 3.63) is 96.8 Å². The van der Waals surface area contributed by atoms with Gasteiger partial charge >= 0.3 is 5.69 Å². The number of rotatable bonds is 4. The predicted molar refractivity (Wildman–Crippen MR) is 124 cm³/mol. The van der Waals surface area contributed by atoms with Crippen molar-refractivity contribution in [2.75, 3.05) is 0 Å². The number of halogens is 1. The summed E-state index contributed by atoms with van der Waals surface area (Å²) in [4.78, 5) is 26.7. The first-order valence-electron chi connectivity index (χ1n) is 10.2. The van der Waals surface area contributed by atoms with Crippen LogP contribution in [0.2, 0.25) is 5.02 Å². The van der Waals surface area contributed by atoms with E-state index in [2.05, 4.69) is 10.2 Å². The molecule has 0 saturated carbocycles. The number of aromatic nitrogens is 6. The smallest absolute Gasteiger partial charge is 0.273 e. The van der Waals surface area contributed by atoms with Gasteiger partial charge in [0.25, 0.3) is 5.56 Å². The Morgan fingerprint density at radius 1 is 0.969 bits per heavy atom. The number of benzene rings is 2. The zero-order chi connectivity index (χ0) is 22.6. The minimum atomic E-state index is -0.316. The van der Waals surface area contributed by atoms with E-state index in [4.69, 9.17) is 11.6 Å². The molecule has 0 fully saturated rings. The average Bonchev–Trinajstić information content (AvgIpc) is 3.29.